The summed E-state index contributed by atoms with van der Waals surface area (Å²) in [7, 11) is -0.667. The van der Waals surface area contributed by atoms with Gasteiger partial charge in [0.1, 0.15) is 4.90 Å². The summed E-state index contributed by atoms with van der Waals surface area (Å²) in [5, 5.41) is 0. The van der Waals surface area contributed by atoms with Crippen molar-refractivity contribution in [2.75, 3.05) is 14.2 Å². The highest BCUT2D eigenvalue weighted by Gasteiger charge is 2.51. The van der Waals surface area contributed by atoms with Crippen molar-refractivity contribution in [2.24, 2.45) is 0 Å². The molecule has 0 saturated carbocycles. The van der Waals surface area contributed by atoms with Gasteiger partial charge in [0, 0.05) is 19.8 Å². The second-order valence-electron chi connectivity index (χ2n) is 6.98. The van der Waals surface area contributed by atoms with E-state index in [1.165, 1.54) is 0 Å². The van der Waals surface area contributed by atoms with Gasteiger partial charge in [0.15, 0.2) is 5.60 Å². The van der Waals surface area contributed by atoms with Crippen molar-refractivity contribution < 1.29 is 22.1 Å². The maximum absolute atomic E-state index is 13.0. The molecule has 0 radical (unpaired) electrons. The predicted molar refractivity (Wildman–Crippen MR) is 109 cm³/mol. The molecule has 0 aromatic heterocycles. The molecular weight excluding hydrogens is 388 g/mol. The second kappa shape index (κ2) is 7.72. The van der Waals surface area contributed by atoms with Gasteiger partial charge in [0.25, 0.3) is 10.1 Å². The molecule has 150 valence electrons. The molecule has 0 atom stereocenters. The Morgan fingerprint density at radius 2 is 1.34 bits per heavy atom. The molecule has 0 spiro atoms. The normalized spacial score (nSPS) is 16.5. The first-order valence-corrected chi connectivity index (χ1v) is 10.6. The van der Waals surface area contributed by atoms with Crippen LogP contribution in [0.15, 0.2) is 77.7 Å². The molecule has 4 rings (SSSR count). The van der Waals surface area contributed by atoms with E-state index in [1.807, 2.05) is 60.7 Å². The summed E-state index contributed by atoms with van der Waals surface area (Å²) in [6.07, 6.45) is 0. The Balaban J connectivity index is 2.02. The van der Waals surface area contributed by atoms with Gasteiger partial charge in [-0.25, -0.2) is 4.18 Å². The van der Waals surface area contributed by atoms with Crippen LogP contribution in [0.3, 0.4) is 0 Å². The Morgan fingerprint density at radius 1 is 0.793 bits per heavy atom. The highest BCUT2D eigenvalue weighted by molar-refractivity contribution is 7.87. The number of ether oxygens (including phenoxy) is 2. The minimum atomic E-state index is -3.92. The molecule has 1 heterocycles. The molecule has 0 N–H and O–H groups in total. The van der Waals surface area contributed by atoms with Crippen LogP contribution in [-0.2, 0) is 42.6 Å². The molecule has 0 aliphatic carbocycles. The first-order chi connectivity index (χ1) is 14.0. The van der Waals surface area contributed by atoms with E-state index in [2.05, 4.69) is 0 Å². The molecule has 0 bridgehead atoms. The summed E-state index contributed by atoms with van der Waals surface area (Å²) in [6, 6.07) is 22.2. The zero-order valence-electron chi connectivity index (χ0n) is 16.3. The third-order valence-corrected chi connectivity index (χ3v) is 6.42. The topological polar surface area (TPSA) is 61.8 Å². The lowest BCUT2D eigenvalue weighted by molar-refractivity contribution is 0.173. The van der Waals surface area contributed by atoms with E-state index in [9.17, 15) is 8.42 Å². The SMILES string of the molecule is COCc1cccc(C2(c3cccc(COC)c3)OS(=O)(=O)c3ccccc32)c1. The number of methoxy groups -OCH3 is 2. The van der Waals surface area contributed by atoms with E-state index >= 15 is 0 Å². The van der Waals surface area contributed by atoms with E-state index in [-0.39, 0.29) is 4.90 Å². The van der Waals surface area contributed by atoms with Gasteiger partial charge in [-0.3, -0.25) is 0 Å². The quantitative estimate of drug-likeness (QED) is 0.575. The van der Waals surface area contributed by atoms with Gasteiger partial charge < -0.3 is 9.47 Å². The Hall–Kier alpha value is -2.51. The molecule has 6 heteroatoms. The molecule has 3 aromatic carbocycles. The smallest absolute Gasteiger partial charge is 0.298 e. The van der Waals surface area contributed by atoms with Gasteiger partial charge in [-0.05, 0) is 40.5 Å². The summed E-state index contributed by atoms with van der Waals surface area (Å²) >= 11 is 0. The minimum absolute atomic E-state index is 0.189. The van der Waals surface area contributed by atoms with Crippen molar-refractivity contribution in [3.8, 4) is 0 Å². The predicted octanol–water partition coefficient (Wildman–Crippen LogP) is 3.99. The van der Waals surface area contributed by atoms with Gasteiger partial charge in [-0.2, -0.15) is 8.42 Å². The average molecular weight is 410 g/mol. The Bertz CT molecular complexity index is 1090. The van der Waals surface area contributed by atoms with Gasteiger partial charge in [0.2, 0.25) is 0 Å². The van der Waals surface area contributed by atoms with Gasteiger partial charge in [-0.15, -0.1) is 0 Å². The van der Waals surface area contributed by atoms with Crippen LogP contribution < -0.4 is 0 Å². The third kappa shape index (κ3) is 3.38. The summed E-state index contributed by atoms with van der Waals surface area (Å²) in [6.45, 7) is 0.837. The Kier molecular flexibility index (Phi) is 5.27. The van der Waals surface area contributed by atoms with Gasteiger partial charge in [0.05, 0.1) is 13.2 Å². The van der Waals surface area contributed by atoms with Crippen LogP contribution in [-0.4, -0.2) is 22.6 Å². The first kappa shape index (κ1) is 19.8. The van der Waals surface area contributed by atoms with Crippen LogP contribution in [0.2, 0.25) is 0 Å². The molecular formula is C23H22O5S. The lowest BCUT2D eigenvalue weighted by atomic mass is 9.79. The largest absolute Gasteiger partial charge is 0.380 e. The van der Waals surface area contributed by atoms with E-state index in [0.717, 1.165) is 22.3 Å². The highest BCUT2D eigenvalue weighted by atomic mass is 32.2. The van der Waals surface area contributed by atoms with Crippen molar-refractivity contribution in [1.29, 1.82) is 0 Å². The summed E-state index contributed by atoms with van der Waals surface area (Å²) in [4.78, 5) is 0.189. The van der Waals surface area contributed by atoms with Crippen molar-refractivity contribution in [1.82, 2.24) is 0 Å². The lowest BCUT2D eigenvalue weighted by Gasteiger charge is -2.30. The fourth-order valence-electron chi connectivity index (χ4n) is 3.90. The standard InChI is InChI=1S/C23H22O5S/c1-26-15-17-7-5-9-19(13-17)23(20-10-6-8-18(14-20)16-27-2)21-11-3-4-12-22(21)29(24,25)28-23/h3-14H,15-16H2,1-2H3. The first-order valence-electron chi connectivity index (χ1n) is 9.23. The fraction of sp³-hybridized carbons (Fsp3) is 0.217. The third-order valence-electron chi connectivity index (χ3n) is 5.06. The van der Waals surface area contributed by atoms with Crippen LogP contribution in [0.5, 0.6) is 0 Å². The summed E-state index contributed by atoms with van der Waals surface area (Å²) < 4.78 is 42.4. The molecule has 3 aromatic rings. The molecule has 0 fully saturated rings. The monoisotopic (exact) mass is 410 g/mol. The van der Waals surface area contributed by atoms with Crippen molar-refractivity contribution in [2.45, 2.75) is 23.7 Å². The molecule has 1 aliphatic rings. The van der Waals surface area contributed by atoms with Crippen molar-refractivity contribution in [3.05, 3.63) is 101 Å². The van der Waals surface area contributed by atoms with E-state index < -0.39 is 15.7 Å². The summed E-state index contributed by atoms with van der Waals surface area (Å²) in [5.74, 6) is 0. The fourth-order valence-corrected chi connectivity index (χ4v) is 5.32. The molecule has 0 saturated heterocycles. The Labute approximate surface area is 171 Å². The molecule has 29 heavy (non-hydrogen) atoms. The summed E-state index contributed by atoms with van der Waals surface area (Å²) in [5.41, 5.74) is 2.66. The Morgan fingerprint density at radius 3 is 1.90 bits per heavy atom. The highest BCUT2D eigenvalue weighted by Crippen LogP contribution is 2.50. The van der Waals surface area contributed by atoms with Gasteiger partial charge in [-0.1, -0.05) is 54.6 Å². The maximum Gasteiger partial charge on any atom is 0.298 e. The minimum Gasteiger partial charge on any atom is -0.380 e. The average Bonchev–Trinajstić information content (AvgIpc) is 2.98. The number of fused-ring (bicyclic) bond motifs is 1. The number of rotatable bonds is 6. The van der Waals surface area contributed by atoms with E-state index in [1.54, 1.807) is 26.4 Å². The molecule has 1 aliphatic heterocycles. The van der Waals surface area contributed by atoms with Crippen molar-refractivity contribution >= 4 is 10.1 Å². The number of benzene rings is 3. The van der Waals surface area contributed by atoms with Crippen LogP contribution in [0.4, 0.5) is 0 Å². The van der Waals surface area contributed by atoms with Crippen molar-refractivity contribution in [3.63, 3.8) is 0 Å². The van der Waals surface area contributed by atoms with E-state index in [4.69, 9.17) is 13.7 Å². The van der Waals surface area contributed by atoms with Crippen LogP contribution in [0.25, 0.3) is 0 Å². The number of hydrogen-bond donors (Lipinski definition) is 0. The van der Waals surface area contributed by atoms with Crippen LogP contribution in [0.1, 0.15) is 27.8 Å². The number of hydrogen-bond acceptors (Lipinski definition) is 5. The molecule has 0 unspecified atom stereocenters. The van der Waals surface area contributed by atoms with Crippen LogP contribution >= 0.6 is 0 Å². The second-order valence-corrected chi connectivity index (χ2v) is 8.50. The molecule has 0 amide bonds. The lowest BCUT2D eigenvalue weighted by Crippen LogP contribution is -2.30. The zero-order valence-corrected chi connectivity index (χ0v) is 17.1. The maximum atomic E-state index is 13.0. The molecule has 5 nitrogen and oxygen atoms in total. The van der Waals surface area contributed by atoms with Crippen LogP contribution in [0, 0.1) is 0 Å². The van der Waals surface area contributed by atoms with E-state index in [0.29, 0.717) is 18.8 Å². The zero-order chi connectivity index (χ0) is 20.5. The van der Waals surface area contributed by atoms with Gasteiger partial charge >= 0.3 is 0 Å².